The van der Waals surface area contributed by atoms with Gasteiger partial charge in [0.2, 0.25) is 0 Å². The highest BCUT2D eigenvalue weighted by atomic mass is 79.9. The van der Waals surface area contributed by atoms with Crippen molar-refractivity contribution in [2.24, 2.45) is 0 Å². The number of rotatable bonds is 6. The summed E-state index contributed by atoms with van der Waals surface area (Å²) < 4.78 is 5.40. The number of carbonyl (C=O) groups excluding carboxylic acids is 1. The molecular formula is C13H14BrNO6. The predicted molar refractivity (Wildman–Crippen MR) is 77.0 cm³/mol. The SMILES string of the molecule is CCC(C)OC(=O)C(C(=O)O)c1ccc(Br)cc1[N+](=O)[O-]. The molecule has 0 radical (unpaired) electrons. The van der Waals surface area contributed by atoms with Gasteiger partial charge in [0.25, 0.3) is 5.69 Å². The molecule has 0 aliphatic rings. The fourth-order valence-electron chi connectivity index (χ4n) is 1.63. The van der Waals surface area contributed by atoms with E-state index in [1.165, 1.54) is 12.1 Å². The number of carboxylic acids is 1. The zero-order valence-electron chi connectivity index (χ0n) is 11.4. The first-order valence-corrected chi connectivity index (χ1v) is 6.94. The van der Waals surface area contributed by atoms with Gasteiger partial charge in [0.15, 0.2) is 5.92 Å². The summed E-state index contributed by atoms with van der Waals surface area (Å²) in [6, 6.07) is 3.83. The molecule has 8 heteroatoms. The Balaban J connectivity index is 3.27. The van der Waals surface area contributed by atoms with Crippen LogP contribution in [-0.4, -0.2) is 28.1 Å². The first kappa shape index (κ1) is 17.1. The number of nitrogens with zero attached hydrogens (tertiary/aromatic N) is 1. The minimum atomic E-state index is -1.73. The Kier molecular flexibility index (Phi) is 5.83. The van der Waals surface area contributed by atoms with Crippen LogP contribution in [0.2, 0.25) is 0 Å². The molecule has 0 saturated heterocycles. The Morgan fingerprint density at radius 3 is 2.57 bits per heavy atom. The molecular weight excluding hydrogens is 346 g/mol. The van der Waals surface area contributed by atoms with Crippen molar-refractivity contribution < 1.29 is 24.4 Å². The molecule has 0 heterocycles. The van der Waals surface area contributed by atoms with Crippen molar-refractivity contribution in [1.29, 1.82) is 0 Å². The number of hydrogen-bond acceptors (Lipinski definition) is 5. The van der Waals surface area contributed by atoms with Crippen molar-refractivity contribution in [3.05, 3.63) is 38.3 Å². The maximum Gasteiger partial charge on any atom is 0.325 e. The molecule has 0 bridgehead atoms. The Morgan fingerprint density at radius 2 is 2.10 bits per heavy atom. The van der Waals surface area contributed by atoms with E-state index in [0.717, 1.165) is 6.07 Å². The van der Waals surface area contributed by atoms with Crippen molar-refractivity contribution >= 4 is 33.6 Å². The highest BCUT2D eigenvalue weighted by molar-refractivity contribution is 9.10. The van der Waals surface area contributed by atoms with Gasteiger partial charge < -0.3 is 9.84 Å². The first-order chi connectivity index (χ1) is 9.77. The second-order valence-corrected chi connectivity index (χ2v) is 5.30. The molecule has 1 aromatic rings. The van der Waals surface area contributed by atoms with Gasteiger partial charge in [-0.1, -0.05) is 22.9 Å². The molecule has 0 fully saturated rings. The van der Waals surface area contributed by atoms with E-state index in [2.05, 4.69) is 15.9 Å². The molecule has 114 valence electrons. The monoisotopic (exact) mass is 359 g/mol. The molecule has 1 N–H and O–H groups in total. The highest BCUT2D eigenvalue weighted by Gasteiger charge is 2.36. The van der Waals surface area contributed by atoms with E-state index in [4.69, 9.17) is 4.74 Å². The number of aliphatic carboxylic acids is 1. The van der Waals surface area contributed by atoms with Gasteiger partial charge >= 0.3 is 11.9 Å². The second kappa shape index (κ2) is 7.16. The number of carboxylic acid groups (broad SMARTS) is 1. The summed E-state index contributed by atoms with van der Waals surface area (Å²) in [6.45, 7) is 3.39. The van der Waals surface area contributed by atoms with Crippen LogP contribution in [0.1, 0.15) is 31.7 Å². The van der Waals surface area contributed by atoms with Crippen LogP contribution < -0.4 is 0 Å². The molecule has 0 aromatic heterocycles. The van der Waals surface area contributed by atoms with Crippen LogP contribution in [0.25, 0.3) is 0 Å². The lowest BCUT2D eigenvalue weighted by atomic mass is 9.97. The predicted octanol–water partition coefficient (Wildman–Crippen LogP) is 2.87. The molecule has 2 atom stereocenters. The average Bonchev–Trinajstić information content (AvgIpc) is 2.39. The number of esters is 1. The van der Waals surface area contributed by atoms with Crippen molar-refractivity contribution in [3.8, 4) is 0 Å². The van der Waals surface area contributed by atoms with Crippen LogP contribution in [0.5, 0.6) is 0 Å². The zero-order chi connectivity index (χ0) is 16.2. The average molecular weight is 360 g/mol. The summed E-state index contributed by atoms with van der Waals surface area (Å²) in [5.41, 5.74) is -0.651. The van der Waals surface area contributed by atoms with E-state index >= 15 is 0 Å². The van der Waals surface area contributed by atoms with Crippen LogP contribution in [0.4, 0.5) is 5.69 Å². The lowest BCUT2D eigenvalue weighted by Gasteiger charge is -2.16. The van der Waals surface area contributed by atoms with Crippen LogP contribution in [0.15, 0.2) is 22.7 Å². The number of carbonyl (C=O) groups is 2. The largest absolute Gasteiger partial charge is 0.480 e. The molecule has 0 aliphatic heterocycles. The zero-order valence-corrected chi connectivity index (χ0v) is 13.0. The topological polar surface area (TPSA) is 107 Å². The van der Waals surface area contributed by atoms with Crippen molar-refractivity contribution in [2.75, 3.05) is 0 Å². The maximum absolute atomic E-state index is 12.0. The molecule has 0 saturated carbocycles. The summed E-state index contributed by atoms with van der Waals surface area (Å²) in [4.78, 5) is 33.6. The van der Waals surface area contributed by atoms with Gasteiger partial charge in [0.1, 0.15) is 0 Å². The third-order valence-corrected chi connectivity index (χ3v) is 3.37. The fraction of sp³-hybridized carbons (Fsp3) is 0.385. The van der Waals surface area contributed by atoms with Gasteiger partial charge in [-0.3, -0.25) is 19.7 Å². The first-order valence-electron chi connectivity index (χ1n) is 6.15. The van der Waals surface area contributed by atoms with Gasteiger partial charge in [-0.25, -0.2) is 0 Å². The van der Waals surface area contributed by atoms with E-state index in [0.29, 0.717) is 10.9 Å². The third-order valence-electron chi connectivity index (χ3n) is 2.88. The molecule has 1 aromatic carbocycles. The van der Waals surface area contributed by atoms with E-state index in [1.807, 2.05) is 0 Å². The number of nitro groups is 1. The number of nitro benzene ring substituents is 1. The second-order valence-electron chi connectivity index (χ2n) is 4.39. The van der Waals surface area contributed by atoms with Gasteiger partial charge in [-0.2, -0.15) is 0 Å². The van der Waals surface area contributed by atoms with Gasteiger partial charge in [0.05, 0.1) is 16.6 Å². The fourth-order valence-corrected chi connectivity index (χ4v) is 1.98. The summed E-state index contributed by atoms with van der Waals surface area (Å²) in [5.74, 6) is -4.23. The van der Waals surface area contributed by atoms with Crippen molar-refractivity contribution in [2.45, 2.75) is 32.3 Å². The highest BCUT2D eigenvalue weighted by Crippen LogP contribution is 2.31. The van der Waals surface area contributed by atoms with Crippen molar-refractivity contribution in [3.63, 3.8) is 0 Å². The minimum absolute atomic E-state index is 0.205. The molecule has 0 aliphatic carbocycles. The van der Waals surface area contributed by atoms with Gasteiger partial charge in [-0.05, 0) is 25.5 Å². The molecule has 0 spiro atoms. The maximum atomic E-state index is 12.0. The van der Waals surface area contributed by atoms with Crippen LogP contribution in [-0.2, 0) is 14.3 Å². The Labute approximate surface area is 129 Å². The van der Waals surface area contributed by atoms with Crippen LogP contribution in [0.3, 0.4) is 0 Å². The quantitative estimate of drug-likeness (QED) is 0.362. The van der Waals surface area contributed by atoms with Crippen molar-refractivity contribution in [1.82, 2.24) is 0 Å². The van der Waals surface area contributed by atoms with E-state index in [1.54, 1.807) is 13.8 Å². The van der Waals surface area contributed by atoms with Crippen LogP contribution in [0, 0.1) is 10.1 Å². The van der Waals surface area contributed by atoms with E-state index in [-0.39, 0.29) is 5.56 Å². The Bertz CT molecular complexity index is 574. The third kappa shape index (κ3) is 4.25. The van der Waals surface area contributed by atoms with Crippen LogP contribution >= 0.6 is 15.9 Å². The lowest BCUT2D eigenvalue weighted by molar-refractivity contribution is -0.385. The lowest BCUT2D eigenvalue weighted by Crippen LogP contribution is -2.27. The molecule has 21 heavy (non-hydrogen) atoms. The summed E-state index contributed by atoms with van der Waals surface area (Å²) in [6.07, 6.45) is 0.0504. The molecule has 7 nitrogen and oxygen atoms in total. The number of hydrogen-bond donors (Lipinski definition) is 1. The standard InChI is InChI=1S/C13H14BrNO6/c1-3-7(2)21-13(18)11(12(16)17)9-5-4-8(14)6-10(9)15(19)20/h4-7,11H,3H2,1-2H3,(H,16,17). The Hall–Kier alpha value is -1.96. The van der Waals surface area contributed by atoms with Gasteiger partial charge in [-0.15, -0.1) is 0 Å². The minimum Gasteiger partial charge on any atom is -0.480 e. The Morgan fingerprint density at radius 1 is 1.48 bits per heavy atom. The van der Waals surface area contributed by atoms with Gasteiger partial charge in [0, 0.05) is 10.5 Å². The molecule has 2 unspecified atom stereocenters. The normalized spacial score (nSPS) is 13.3. The summed E-state index contributed by atoms with van der Waals surface area (Å²) in [7, 11) is 0. The molecule has 0 amide bonds. The summed E-state index contributed by atoms with van der Waals surface area (Å²) in [5, 5.41) is 20.3. The number of ether oxygens (including phenoxy) is 1. The van der Waals surface area contributed by atoms with E-state index in [9.17, 15) is 24.8 Å². The smallest absolute Gasteiger partial charge is 0.325 e. The number of benzene rings is 1. The van der Waals surface area contributed by atoms with E-state index < -0.39 is 34.6 Å². The molecule has 1 rings (SSSR count). The summed E-state index contributed by atoms with van der Waals surface area (Å²) >= 11 is 3.07. The number of halogens is 1.